The Morgan fingerprint density at radius 3 is 2.89 bits per heavy atom. The third kappa shape index (κ3) is 2.92. The maximum Gasteiger partial charge on any atom is 0.113 e. The molecule has 0 saturated heterocycles. The highest BCUT2D eigenvalue weighted by Crippen LogP contribution is 2.18. The molecule has 3 nitrogen and oxygen atoms in total. The van der Waals surface area contributed by atoms with Gasteiger partial charge in [-0.3, -0.25) is 0 Å². The number of nitrogens with zero attached hydrogens (tertiary/aromatic N) is 2. The summed E-state index contributed by atoms with van der Waals surface area (Å²) in [4.78, 5) is 4.42. The van der Waals surface area contributed by atoms with Crippen LogP contribution in [-0.2, 0) is 19.5 Å². The van der Waals surface area contributed by atoms with E-state index in [0.717, 1.165) is 30.4 Å². The summed E-state index contributed by atoms with van der Waals surface area (Å²) in [5.41, 5.74) is 2.50. The molecule has 1 aromatic heterocycles. The lowest BCUT2D eigenvalue weighted by molar-refractivity contribution is 0.708. The van der Waals surface area contributed by atoms with Gasteiger partial charge in [0.2, 0.25) is 0 Å². The predicted octanol–water partition coefficient (Wildman–Crippen LogP) is 2.87. The zero-order chi connectivity index (χ0) is 13.0. The highest BCUT2D eigenvalue weighted by Gasteiger charge is 2.07. The van der Waals surface area contributed by atoms with Crippen molar-refractivity contribution in [1.29, 1.82) is 0 Å². The smallest absolute Gasteiger partial charge is 0.113 e. The van der Waals surface area contributed by atoms with Crippen LogP contribution in [0.1, 0.15) is 23.9 Å². The maximum atomic E-state index is 6.04. The molecule has 0 amide bonds. The van der Waals surface area contributed by atoms with Crippen LogP contribution < -0.4 is 5.32 Å². The summed E-state index contributed by atoms with van der Waals surface area (Å²) >= 11 is 6.04. The van der Waals surface area contributed by atoms with E-state index in [1.165, 1.54) is 11.1 Å². The summed E-state index contributed by atoms with van der Waals surface area (Å²) in [6, 6.07) is 6.05. The number of aryl methyl sites for hydroxylation is 1. The first kappa shape index (κ1) is 13.1. The van der Waals surface area contributed by atoms with E-state index in [0.29, 0.717) is 0 Å². The van der Waals surface area contributed by atoms with E-state index in [-0.39, 0.29) is 0 Å². The SMILES string of the molecule is CCn1ccnc1Cc1ccc(Cl)cc1CNC. The largest absolute Gasteiger partial charge is 0.335 e. The van der Waals surface area contributed by atoms with Crippen LogP contribution in [0.4, 0.5) is 0 Å². The Bertz CT molecular complexity index is 520. The molecule has 1 N–H and O–H groups in total. The van der Waals surface area contributed by atoms with Crippen LogP contribution in [0.15, 0.2) is 30.6 Å². The van der Waals surface area contributed by atoms with Gasteiger partial charge in [0.05, 0.1) is 0 Å². The van der Waals surface area contributed by atoms with Gasteiger partial charge in [0.15, 0.2) is 0 Å². The first-order chi connectivity index (χ1) is 8.74. The molecule has 0 unspecified atom stereocenters. The molecule has 0 spiro atoms. The van der Waals surface area contributed by atoms with Crippen molar-refractivity contribution >= 4 is 11.6 Å². The van der Waals surface area contributed by atoms with E-state index in [1.807, 2.05) is 31.6 Å². The van der Waals surface area contributed by atoms with Gasteiger partial charge in [0, 0.05) is 36.9 Å². The van der Waals surface area contributed by atoms with Gasteiger partial charge in [-0.05, 0) is 37.2 Å². The van der Waals surface area contributed by atoms with Gasteiger partial charge >= 0.3 is 0 Å². The first-order valence-corrected chi connectivity index (χ1v) is 6.54. The highest BCUT2D eigenvalue weighted by molar-refractivity contribution is 6.30. The molecule has 0 aliphatic carbocycles. The van der Waals surface area contributed by atoms with Crippen molar-refractivity contribution in [3.05, 3.63) is 52.6 Å². The molecule has 2 rings (SSSR count). The topological polar surface area (TPSA) is 29.9 Å². The monoisotopic (exact) mass is 263 g/mol. The summed E-state index contributed by atoms with van der Waals surface area (Å²) in [5, 5.41) is 3.95. The quantitative estimate of drug-likeness (QED) is 0.899. The second kappa shape index (κ2) is 6.03. The lowest BCUT2D eigenvalue weighted by Gasteiger charge is -2.10. The second-order valence-corrected chi connectivity index (χ2v) is 4.69. The third-order valence-corrected chi connectivity index (χ3v) is 3.26. The minimum absolute atomic E-state index is 0.780. The Balaban J connectivity index is 2.28. The van der Waals surface area contributed by atoms with Crippen LogP contribution >= 0.6 is 11.6 Å². The fourth-order valence-corrected chi connectivity index (χ4v) is 2.28. The van der Waals surface area contributed by atoms with Crippen molar-refractivity contribution < 1.29 is 0 Å². The molecule has 18 heavy (non-hydrogen) atoms. The second-order valence-electron chi connectivity index (χ2n) is 4.25. The Morgan fingerprint density at radius 2 is 2.17 bits per heavy atom. The number of benzene rings is 1. The molecule has 0 radical (unpaired) electrons. The molecule has 96 valence electrons. The Morgan fingerprint density at radius 1 is 1.33 bits per heavy atom. The number of imidazole rings is 1. The molecule has 2 aromatic rings. The van der Waals surface area contributed by atoms with Crippen molar-refractivity contribution in [3.63, 3.8) is 0 Å². The van der Waals surface area contributed by atoms with Crippen molar-refractivity contribution in [1.82, 2.24) is 14.9 Å². The number of hydrogen-bond acceptors (Lipinski definition) is 2. The molecule has 0 bridgehead atoms. The van der Waals surface area contributed by atoms with Crippen molar-refractivity contribution in [3.8, 4) is 0 Å². The van der Waals surface area contributed by atoms with Gasteiger partial charge in [-0.25, -0.2) is 4.98 Å². The molecule has 0 saturated carbocycles. The molecule has 0 atom stereocenters. The summed E-state index contributed by atoms with van der Waals surface area (Å²) in [6.45, 7) is 3.90. The van der Waals surface area contributed by atoms with Crippen molar-refractivity contribution in [2.45, 2.75) is 26.4 Å². The molecule has 4 heteroatoms. The lowest BCUT2D eigenvalue weighted by atomic mass is 10.0. The lowest BCUT2D eigenvalue weighted by Crippen LogP contribution is -2.09. The third-order valence-electron chi connectivity index (χ3n) is 3.03. The summed E-state index contributed by atoms with van der Waals surface area (Å²) in [6.07, 6.45) is 4.71. The van der Waals surface area contributed by atoms with E-state index in [9.17, 15) is 0 Å². The number of halogens is 1. The van der Waals surface area contributed by atoms with E-state index < -0.39 is 0 Å². The molecule has 1 heterocycles. The minimum Gasteiger partial charge on any atom is -0.335 e. The number of nitrogens with one attached hydrogen (secondary N) is 1. The van der Waals surface area contributed by atoms with E-state index in [4.69, 9.17) is 11.6 Å². The zero-order valence-electron chi connectivity index (χ0n) is 10.8. The predicted molar refractivity (Wildman–Crippen MR) is 74.9 cm³/mol. The summed E-state index contributed by atoms with van der Waals surface area (Å²) < 4.78 is 2.16. The fraction of sp³-hybridized carbons (Fsp3) is 0.357. The van der Waals surface area contributed by atoms with Gasteiger partial charge in [0.25, 0.3) is 0 Å². The molecule has 1 aromatic carbocycles. The van der Waals surface area contributed by atoms with E-state index in [1.54, 1.807) is 0 Å². The van der Waals surface area contributed by atoms with Crippen LogP contribution in [0.5, 0.6) is 0 Å². The molecule has 0 fully saturated rings. The van der Waals surface area contributed by atoms with Gasteiger partial charge in [0.1, 0.15) is 5.82 Å². The Labute approximate surface area is 113 Å². The summed E-state index contributed by atoms with van der Waals surface area (Å²) in [7, 11) is 1.94. The highest BCUT2D eigenvalue weighted by atomic mass is 35.5. The molecular weight excluding hydrogens is 246 g/mol. The first-order valence-electron chi connectivity index (χ1n) is 6.16. The van der Waals surface area contributed by atoms with Crippen LogP contribution in [0.2, 0.25) is 5.02 Å². The normalized spacial score (nSPS) is 10.8. The maximum absolute atomic E-state index is 6.04. The van der Waals surface area contributed by atoms with Crippen LogP contribution in [0, 0.1) is 0 Å². The van der Waals surface area contributed by atoms with Crippen LogP contribution in [-0.4, -0.2) is 16.6 Å². The number of aromatic nitrogens is 2. The van der Waals surface area contributed by atoms with Crippen LogP contribution in [0.3, 0.4) is 0 Å². The Kier molecular flexibility index (Phi) is 4.39. The molecule has 0 aliphatic rings. The number of rotatable bonds is 5. The number of hydrogen-bond donors (Lipinski definition) is 1. The van der Waals surface area contributed by atoms with E-state index in [2.05, 4.69) is 27.9 Å². The average molecular weight is 264 g/mol. The fourth-order valence-electron chi connectivity index (χ4n) is 2.09. The van der Waals surface area contributed by atoms with Gasteiger partial charge < -0.3 is 9.88 Å². The Hall–Kier alpha value is -1.32. The molecule has 0 aliphatic heterocycles. The zero-order valence-corrected chi connectivity index (χ0v) is 11.5. The van der Waals surface area contributed by atoms with Crippen LogP contribution in [0.25, 0.3) is 0 Å². The van der Waals surface area contributed by atoms with E-state index >= 15 is 0 Å². The molecular formula is C14H18ClN3. The van der Waals surface area contributed by atoms with Gasteiger partial charge in [-0.2, -0.15) is 0 Å². The van der Waals surface area contributed by atoms with Crippen molar-refractivity contribution in [2.24, 2.45) is 0 Å². The van der Waals surface area contributed by atoms with Gasteiger partial charge in [-0.1, -0.05) is 17.7 Å². The minimum atomic E-state index is 0.780. The van der Waals surface area contributed by atoms with Gasteiger partial charge in [-0.15, -0.1) is 0 Å². The summed E-state index contributed by atoms with van der Waals surface area (Å²) in [5.74, 6) is 1.09. The average Bonchev–Trinajstić information content (AvgIpc) is 2.80. The van der Waals surface area contributed by atoms with Crippen molar-refractivity contribution in [2.75, 3.05) is 7.05 Å². The standard InChI is InChI=1S/C14H18ClN3/c1-3-18-7-6-17-14(18)9-11-4-5-13(15)8-12(11)10-16-2/h4-8,16H,3,9-10H2,1-2H3.